The summed E-state index contributed by atoms with van der Waals surface area (Å²) < 4.78 is 1.50. The Hall–Kier alpha value is -0.820. The largest absolute Gasteiger partial charge is 0.140 e. The van der Waals surface area contributed by atoms with Gasteiger partial charge in [0, 0.05) is 9.58 Å². The molecule has 2 aromatic rings. The molecule has 0 unspecified atom stereocenters. The first-order valence-electron chi connectivity index (χ1n) is 5.35. The Bertz CT molecular complexity index is 426. The van der Waals surface area contributed by atoms with Gasteiger partial charge in [-0.05, 0) is 29.9 Å². The third kappa shape index (κ3) is 1.69. The number of fused-ring (bicyclic) bond motifs is 1. The van der Waals surface area contributed by atoms with Crippen LogP contribution in [0.3, 0.4) is 0 Å². The number of thiophene rings is 1. The lowest BCUT2D eigenvalue weighted by Gasteiger charge is -1.96. The molecule has 1 heteroatoms. The van der Waals surface area contributed by atoms with Gasteiger partial charge in [-0.25, -0.2) is 0 Å². The Morgan fingerprint density at radius 3 is 2.79 bits per heavy atom. The second-order valence-electron chi connectivity index (χ2n) is 3.65. The lowest BCUT2D eigenvalue weighted by Crippen LogP contribution is -1.77. The highest BCUT2D eigenvalue weighted by Crippen LogP contribution is 2.29. The van der Waals surface area contributed by atoms with Crippen molar-refractivity contribution in [3.8, 4) is 0 Å². The molecule has 0 aliphatic heterocycles. The predicted octanol–water partition coefficient (Wildman–Crippen LogP) is 4.42. The summed E-state index contributed by atoms with van der Waals surface area (Å²) in [6.07, 6.45) is 3.61. The molecule has 0 nitrogen and oxygen atoms in total. The fraction of sp³-hybridized carbons (Fsp3) is 0.385. The van der Waals surface area contributed by atoms with Crippen LogP contribution in [0.5, 0.6) is 0 Å². The van der Waals surface area contributed by atoms with Crippen molar-refractivity contribution in [1.82, 2.24) is 0 Å². The highest BCUT2D eigenvalue weighted by atomic mass is 32.1. The van der Waals surface area contributed by atoms with Gasteiger partial charge in [0.15, 0.2) is 0 Å². The molecule has 0 radical (unpaired) electrons. The van der Waals surface area contributed by atoms with Gasteiger partial charge in [0.05, 0.1) is 0 Å². The van der Waals surface area contributed by atoms with Gasteiger partial charge in [0.25, 0.3) is 0 Å². The van der Waals surface area contributed by atoms with Crippen LogP contribution in [0, 0.1) is 0 Å². The van der Waals surface area contributed by atoms with Crippen LogP contribution < -0.4 is 0 Å². The molecule has 0 saturated heterocycles. The molecular weight excluding hydrogens is 188 g/mol. The molecule has 74 valence electrons. The molecule has 0 aliphatic carbocycles. The smallest absolute Gasteiger partial charge is 0.0377 e. The molecule has 0 N–H and O–H groups in total. The first-order chi connectivity index (χ1) is 6.85. The standard InChI is InChI=1S/C13H16S/c1-3-6-12-9-11-8-5-7-10(4-2)13(11)14-12/h5,7-9H,3-4,6H2,1-2H3. The molecule has 0 saturated carbocycles. The summed E-state index contributed by atoms with van der Waals surface area (Å²) in [6.45, 7) is 4.47. The quantitative estimate of drug-likeness (QED) is 0.694. The van der Waals surface area contributed by atoms with Crippen molar-refractivity contribution in [3.63, 3.8) is 0 Å². The van der Waals surface area contributed by atoms with Gasteiger partial charge in [-0.15, -0.1) is 11.3 Å². The third-order valence-corrected chi connectivity index (χ3v) is 3.84. The minimum Gasteiger partial charge on any atom is -0.140 e. The average Bonchev–Trinajstić information content (AvgIpc) is 2.60. The zero-order chi connectivity index (χ0) is 9.97. The SMILES string of the molecule is CCCc1cc2cccc(CC)c2s1. The van der Waals surface area contributed by atoms with Crippen LogP contribution >= 0.6 is 11.3 Å². The van der Waals surface area contributed by atoms with E-state index in [0.29, 0.717) is 0 Å². The number of aryl methyl sites for hydroxylation is 2. The summed E-state index contributed by atoms with van der Waals surface area (Å²) in [5.41, 5.74) is 1.50. The highest BCUT2D eigenvalue weighted by Gasteiger charge is 2.03. The number of hydrogen-bond acceptors (Lipinski definition) is 1. The zero-order valence-electron chi connectivity index (χ0n) is 8.84. The molecule has 14 heavy (non-hydrogen) atoms. The number of rotatable bonds is 3. The van der Waals surface area contributed by atoms with Crippen LogP contribution in [-0.2, 0) is 12.8 Å². The van der Waals surface area contributed by atoms with E-state index in [4.69, 9.17) is 0 Å². The summed E-state index contributed by atoms with van der Waals surface area (Å²) in [6, 6.07) is 8.99. The van der Waals surface area contributed by atoms with Gasteiger partial charge in [0.1, 0.15) is 0 Å². The Morgan fingerprint density at radius 2 is 2.07 bits per heavy atom. The molecule has 1 aromatic carbocycles. The van der Waals surface area contributed by atoms with Crippen molar-refractivity contribution in [2.24, 2.45) is 0 Å². The monoisotopic (exact) mass is 204 g/mol. The van der Waals surface area contributed by atoms with E-state index in [-0.39, 0.29) is 0 Å². The summed E-state index contributed by atoms with van der Waals surface area (Å²) in [4.78, 5) is 1.53. The van der Waals surface area contributed by atoms with E-state index in [1.54, 1.807) is 0 Å². The van der Waals surface area contributed by atoms with Crippen molar-refractivity contribution >= 4 is 21.4 Å². The highest BCUT2D eigenvalue weighted by molar-refractivity contribution is 7.19. The molecule has 1 heterocycles. The summed E-state index contributed by atoms with van der Waals surface area (Å²) in [5.74, 6) is 0. The second kappa shape index (κ2) is 4.14. The molecule has 0 fully saturated rings. The van der Waals surface area contributed by atoms with Gasteiger partial charge >= 0.3 is 0 Å². The maximum absolute atomic E-state index is 2.35. The second-order valence-corrected chi connectivity index (χ2v) is 4.79. The molecule has 1 aromatic heterocycles. The van der Waals surface area contributed by atoms with Crippen molar-refractivity contribution in [2.75, 3.05) is 0 Å². The van der Waals surface area contributed by atoms with Gasteiger partial charge in [0.2, 0.25) is 0 Å². The molecule has 2 rings (SSSR count). The molecular formula is C13H16S. The van der Waals surface area contributed by atoms with Crippen LogP contribution in [-0.4, -0.2) is 0 Å². The maximum atomic E-state index is 2.35. The fourth-order valence-corrected chi connectivity index (χ4v) is 3.17. The average molecular weight is 204 g/mol. The van der Waals surface area contributed by atoms with Crippen LogP contribution in [0.15, 0.2) is 24.3 Å². The number of benzene rings is 1. The van der Waals surface area contributed by atoms with Crippen molar-refractivity contribution in [3.05, 3.63) is 34.7 Å². The van der Waals surface area contributed by atoms with Crippen LogP contribution in [0.25, 0.3) is 10.1 Å². The van der Waals surface area contributed by atoms with E-state index in [1.165, 1.54) is 33.4 Å². The van der Waals surface area contributed by atoms with E-state index < -0.39 is 0 Å². The van der Waals surface area contributed by atoms with Gasteiger partial charge in [-0.2, -0.15) is 0 Å². The van der Waals surface area contributed by atoms with Gasteiger partial charge < -0.3 is 0 Å². The lowest BCUT2D eigenvalue weighted by molar-refractivity contribution is 0.941. The van der Waals surface area contributed by atoms with Gasteiger partial charge in [-0.3, -0.25) is 0 Å². The molecule has 0 aliphatic rings. The van der Waals surface area contributed by atoms with Crippen LogP contribution in [0.2, 0.25) is 0 Å². The lowest BCUT2D eigenvalue weighted by atomic mass is 10.1. The summed E-state index contributed by atoms with van der Waals surface area (Å²) in [7, 11) is 0. The topological polar surface area (TPSA) is 0 Å². The van der Waals surface area contributed by atoms with Gasteiger partial charge in [-0.1, -0.05) is 38.5 Å². The summed E-state index contributed by atoms with van der Waals surface area (Å²) >= 11 is 1.97. The Kier molecular flexibility index (Phi) is 2.87. The first kappa shape index (κ1) is 9.72. The Labute approximate surface area is 89.6 Å². The minimum absolute atomic E-state index is 1.14. The fourth-order valence-electron chi connectivity index (χ4n) is 1.82. The Balaban J connectivity index is 2.52. The molecule has 0 atom stereocenters. The van der Waals surface area contributed by atoms with E-state index in [9.17, 15) is 0 Å². The van der Waals surface area contributed by atoms with Crippen molar-refractivity contribution < 1.29 is 0 Å². The predicted molar refractivity (Wildman–Crippen MR) is 65.2 cm³/mol. The van der Waals surface area contributed by atoms with E-state index >= 15 is 0 Å². The van der Waals surface area contributed by atoms with E-state index in [0.717, 1.165) is 6.42 Å². The number of hydrogen-bond donors (Lipinski definition) is 0. The minimum atomic E-state index is 1.14. The molecule has 0 amide bonds. The van der Waals surface area contributed by atoms with Crippen LogP contribution in [0.1, 0.15) is 30.7 Å². The normalized spacial score (nSPS) is 11.0. The van der Waals surface area contributed by atoms with Crippen molar-refractivity contribution in [2.45, 2.75) is 33.1 Å². The molecule has 0 bridgehead atoms. The maximum Gasteiger partial charge on any atom is 0.0377 e. The van der Waals surface area contributed by atoms with E-state index in [1.807, 2.05) is 11.3 Å². The summed E-state index contributed by atoms with van der Waals surface area (Å²) in [5, 5.41) is 1.43. The first-order valence-corrected chi connectivity index (χ1v) is 6.17. The zero-order valence-corrected chi connectivity index (χ0v) is 9.66. The van der Waals surface area contributed by atoms with Crippen molar-refractivity contribution in [1.29, 1.82) is 0 Å². The molecule has 0 spiro atoms. The van der Waals surface area contributed by atoms with Crippen LogP contribution in [0.4, 0.5) is 0 Å². The van der Waals surface area contributed by atoms with E-state index in [2.05, 4.69) is 38.1 Å². The third-order valence-electron chi connectivity index (χ3n) is 2.55. The Morgan fingerprint density at radius 1 is 1.21 bits per heavy atom.